The zero-order valence-corrected chi connectivity index (χ0v) is 8.77. The molecule has 0 spiro atoms. The van der Waals surface area contributed by atoms with Crippen LogP contribution in [0.5, 0.6) is 0 Å². The second kappa shape index (κ2) is 3.73. The van der Waals surface area contributed by atoms with Crippen molar-refractivity contribution in [1.29, 1.82) is 0 Å². The lowest BCUT2D eigenvalue weighted by atomic mass is 10.1. The summed E-state index contributed by atoms with van der Waals surface area (Å²) in [5.41, 5.74) is 3.83. The molecular formula is C11H13N3O. The first-order valence-corrected chi connectivity index (χ1v) is 4.86. The van der Waals surface area contributed by atoms with Crippen LogP contribution in [0.25, 0.3) is 0 Å². The summed E-state index contributed by atoms with van der Waals surface area (Å²) in [7, 11) is 1.68. The molecule has 1 heterocycles. The normalized spacial score (nSPS) is 23.3. The summed E-state index contributed by atoms with van der Waals surface area (Å²) in [6, 6.07) is 9.49. The largest absolute Gasteiger partial charge is 0.278 e. The number of nitrogens with zero attached hydrogens (tertiary/aromatic N) is 2. The maximum Gasteiger partial charge on any atom is 0.256 e. The second-order valence-corrected chi connectivity index (χ2v) is 3.45. The number of rotatable bonds is 1. The van der Waals surface area contributed by atoms with Gasteiger partial charge in [-0.3, -0.25) is 15.2 Å². The lowest BCUT2D eigenvalue weighted by Crippen LogP contribution is -2.35. The second-order valence-electron chi connectivity index (χ2n) is 3.45. The number of aliphatic imine (C=N–C) groups is 1. The van der Waals surface area contributed by atoms with Crippen molar-refractivity contribution in [2.24, 2.45) is 10.9 Å². The Morgan fingerprint density at radius 3 is 2.53 bits per heavy atom. The topological polar surface area (TPSA) is 44.7 Å². The predicted molar refractivity (Wildman–Crippen MR) is 59.6 cm³/mol. The molecule has 1 fully saturated rings. The van der Waals surface area contributed by atoms with Crippen LogP contribution in [0.3, 0.4) is 0 Å². The molecule has 1 unspecified atom stereocenters. The van der Waals surface area contributed by atoms with Crippen LogP contribution in [0.15, 0.2) is 35.3 Å². The third-order valence-electron chi connectivity index (χ3n) is 2.48. The van der Waals surface area contributed by atoms with E-state index in [0.29, 0.717) is 5.84 Å². The van der Waals surface area contributed by atoms with Gasteiger partial charge in [0.05, 0.1) is 11.6 Å². The molecule has 0 aliphatic carbocycles. The minimum atomic E-state index is -0.185. The summed E-state index contributed by atoms with van der Waals surface area (Å²) in [6.07, 6.45) is 0. The number of benzene rings is 1. The van der Waals surface area contributed by atoms with Gasteiger partial charge in [-0.1, -0.05) is 18.2 Å². The molecule has 4 heteroatoms. The van der Waals surface area contributed by atoms with Crippen molar-refractivity contribution in [2.45, 2.75) is 6.92 Å². The number of anilines is 1. The third-order valence-corrected chi connectivity index (χ3v) is 2.48. The fourth-order valence-corrected chi connectivity index (χ4v) is 1.59. The molecule has 0 saturated carbocycles. The van der Waals surface area contributed by atoms with Gasteiger partial charge in [-0.05, 0) is 19.1 Å². The molecule has 1 aromatic carbocycles. The van der Waals surface area contributed by atoms with Gasteiger partial charge in [0.2, 0.25) is 0 Å². The maximum absolute atomic E-state index is 11.9. The molecule has 1 aromatic rings. The van der Waals surface area contributed by atoms with Crippen LogP contribution in [0.2, 0.25) is 0 Å². The molecule has 2 rings (SSSR count). The first-order valence-electron chi connectivity index (χ1n) is 4.86. The van der Waals surface area contributed by atoms with Crippen molar-refractivity contribution < 1.29 is 4.79 Å². The monoisotopic (exact) mass is 203 g/mol. The number of para-hydroxylation sites is 1. The number of amides is 1. The van der Waals surface area contributed by atoms with Crippen LogP contribution in [-0.4, -0.2) is 18.8 Å². The maximum atomic E-state index is 11.9. The molecular weight excluding hydrogens is 190 g/mol. The van der Waals surface area contributed by atoms with Crippen molar-refractivity contribution >= 4 is 17.4 Å². The highest BCUT2D eigenvalue weighted by atomic mass is 16.2. The summed E-state index contributed by atoms with van der Waals surface area (Å²) in [5.74, 6) is 0.556. The van der Waals surface area contributed by atoms with E-state index in [2.05, 4.69) is 10.4 Å². The Labute approximate surface area is 88.6 Å². The third kappa shape index (κ3) is 1.58. The quantitative estimate of drug-likeness (QED) is 0.745. The summed E-state index contributed by atoms with van der Waals surface area (Å²) in [6.45, 7) is 1.85. The molecule has 1 N–H and O–H groups in total. The smallest absolute Gasteiger partial charge is 0.256 e. The number of carbonyl (C=O) groups excluding carboxylic acids is 1. The van der Waals surface area contributed by atoms with Gasteiger partial charge in [-0.15, -0.1) is 0 Å². The lowest BCUT2D eigenvalue weighted by Gasteiger charge is -2.15. The van der Waals surface area contributed by atoms with E-state index >= 15 is 0 Å². The molecule has 78 valence electrons. The summed E-state index contributed by atoms with van der Waals surface area (Å²) in [5, 5.41) is 1.53. The van der Waals surface area contributed by atoms with Crippen LogP contribution in [0, 0.1) is 5.92 Å². The molecule has 1 amide bonds. The molecule has 1 saturated heterocycles. The first kappa shape index (κ1) is 9.71. The number of amidine groups is 1. The Bertz CT molecular complexity index is 400. The molecule has 4 nitrogen and oxygen atoms in total. The first-order chi connectivity index (χ1) is 7.24. The molecule has 1 aliphatic rings. The Kier molecular flexibility index (Phi) is 2.41. The van der Waals surface area contributed by atoms with Gasteiger partial charge < -0.3 is 0 Å². The van der Waals surface area contributed by atoms with E-state index in [0.717, 1.165) is 5.69 Å². The van der Waals surface area contributed by atoms with Gasteiger partial charge in [-0.2, -0.15) is 0 Å². The average Bonchev–Trinajstić information content (AvgIpc) is 2.57. The van der Waals surface area contributed by atoms with E-state index < -0.39 is 0 Å². The van der Waals surface area contributed by atoms with Crippen molar-refractivity contribution in [3.8, 4) is 0 Å². The van der Waals surface area contributed by atoms with Crippen LogP contribution < -0.4 is 10.4 Å². The zero-order chi connectivity index (χ0) is 10.8. The predicted octanol–water partition coefficient (Wildman–Crippen LogP) is 1.20. The summed E-state index contributed by atoms with van der Waals surface area (Å²) >= 11 is 0. The highest BCUT2D eigenvalue weighted by Crippen LogP contribution is 2.19. The van der Waals surface area contributed by atoms with Gasteiger partial charge in [0.1, 0.15) is 5.84 Å². The van der Waals surface area contributed by atoms with Crippen molar-refractivity contribution in [3.63, 3.8) is 0 Å². The van der Waals surface area contributed by atoms with E-state index in [9.17, 15) is 4.79 Å². The van der Waals surface area contributed by atoms with Crippen molar-refractivity contribution in [1.82, 2.24) is 5.43 Å². The van der Waals surface area contributed by atoms with Crippen LogP contribution in [0.4, 0.5) is 5.69 Å². The van der Waals surface area contributed by atoms with Gasteiger partial charge in [0.15, 0.2) is 0 Å². The Morgan fingerprint density at radius 2 is 2.00 bits per heavy atom. The average molecular weight is 203 g/mol. The summed E-state index contributed by atoms with van der Waals surface area (Å²) < 4.78 is 0. The number of nitrogens with one attached hydrogen (secondary N) is 1. The van der Waals surface area contributed by atoms with E-state index in [1.54, 1.807) is 7.05 Å². The highest BCUT2D eigenvalue weighted by Gasteiger charge is 2.34. The van der Waals surface area contributed by atoms with Gasteiger partial charge in [0.25, 0.3) is 5.91 Å². The SMILES string of the molecule is CN=C1NN(c2ccccc2)C(=O)C1C. The van der Waals surface area contributed by atoms with E-state index in [4.69, 9.17) is 0 Å². The molecule has 0 aromatic heterocycles. The van der Waals surface area contributed by atoms with Gasteiger partial charge in [-0.25, -0.2) is 5.01 Å². The summed E-state index contributed by atoms with van der Waals surface area (Å²) in [4.78, 5) is 15.9. The highest BCUT2D eigenvalue weighted by molar-refractivity contribution is 6.15. The Balaban J connectivity index is 2.31. The van der Waals surface area contributed by atoms with E-state index in [1.165, 1.54) is 5.01 Å². The number of hydrogen-bond acceptors (Lipinski definition) is 2. The van der Waals surface area contributed by atoms with Crippen molar-refractivity contribution in [2.75, 3.05) is 12.1 Å². The van der Waals surface area contributed by atoms with Crippen LogP contribution >= 0.6 is 0 Å². The van der Waals surface area contributed by atoms with Crippen LogP contribution in [0.1, 0.15) is 6.92 Å². The fourth-order valence-electron chi connectivity index (χ4n) is 1.59. The molecule has 1 aliphatic heterocycles. The van der Waals surface area contributed by atoms with Crippen molar-refractivity contribution in [3.05, 3.63) is 30.3 Å². The molecule has 15 heavy (non-hydrogen) atoms. The van der Waals surface area contributed by atoms with Gasteiger partial charge in [0, 0.05) is 7.05 Å². The van der Waals surface area contributed by atoms with E-state index in [-0.39, 0.29) is 11.8 Å². The van der Waals surface area contributed by atoms with Gasteiger partial charge >= 0.3 is 0 Å². The minimum absolute atomic E-state index is 0.0294. The molecule has 0 bridgehead atoms. The lowest BCUT2D eigenvalue weighted by molar-refractivity contribution is -0.119. The number of carbonyl (C=O) groups is 1. The Hall–Kier alpha value is -1.84. The standard InChI is InChI=1S/C11H13N3O/c1-8-10(12-2)13-14(11(8)15)9-6-4-3-5-7-9/h3-8H,1-2H3,(H,12,13). The van der Waals surface area contributed by atoms with E-state index in [1.807, 2.05) is 37.3 Å². The molecule has 1 atom stereocenters. The minimum Gasteiger partial charge on any atom is -0.278 e. The zero-order valence-electron chi connectivity index (χ0n) is 8.77. The Morgan fingerprint density at radius 1 is 1.33 bits per heavy atom. The molecule has 0 radical (unpaired) electrons. The fraction of sp³-hybridized carbons (Fsp3) is 0.273. The number of hydrogen-bond donors (Lipinski definition) is 1. The van der Waals surface area contributed by atoms with Crippen LogP contribution in [-0.2, 0) is 4.79 Å². The number of hydrazine groups is 1.